The van der Waals surface area contributed by atoms with Gasteiger partial charge in [-0.15, -0.1) is 0 Å². The lowest BCUT2D eigenvalue weighted by molar-refractivity contribution is -0.140. The van der Waals surface area contributed by atoms with Crippen molar-refractivity contribution in [2.24, 2.45) is 5.73 Å². The van der Waals surface area contributed by atoms with Crippen molar-refractivity contribution in [3.63, 3.8) is 0 Å². The number of anilines is 1. The van der Waals surface area contributed by atoms with Gasteiger partial charge in [-0.1, -0.05) is 12.1 Å². The summed E-state index contributed by atoms with van der Waals surface area (Å²) in [5.41, 5.74) is 12.2. The first-order valence-electron chi connectivity index (χ1n) is 13.0. The van der Waals surface area contributed by atoms with Gasteiger partial charge in [-0.2, -0.15) is 0 Å². The van der Waals surface area contributed by atoms with Crippen LogP contribution < -0.4 is 31.7 Å². The molecule has 0 radical (unpaired) electrons. The first-order valence-corrected chi connectivity index (χ1v) is 13.0. The Balaban J connectivity index is 1.11. The van der Waals surface area contributed by atoms with Gasteiger partial charge >= 0.3 is 5.97 Å². The molecular formula is C30H29N3O10. The lowest BCUT2D eigenvalue weighted by Crippen LogP contribution is -2.32. The van der Waals surface area contributed by atoms with Crippen LogP contribution in [0.2, 0.25) is 0 Å². The summed E-state index contributed by atoms with van der Waals surface area (Å²) in [6.45, 7) is 0.00700. The topological polar surface area (TPSA) is 203 Å². The Labute approximate surface area is 244 Å². The minimum atomic E-state index is -0.784. The number of amides is 2. The molecule has 0 aliphatic rings. The van der Waals surface area contributed by atoms with Crippen LogP contribution in [0.4, 0.5) is 5.69 Å². The average molecular weight is 592 g/mol. The van der Waals surface area contributed by atoms with E-state index >= 15 is 0 Å². The lowest BCUT2D eigenvalue weighted by Gasteiger charge is -2.10. The zero-order chi connectivity index (χ0) is 30.8. The number of aromatic hydroxyl groups is 1. The molecule has 0 aliphatic heterocycles. The van der Waals surface area contributed by atoms with Crippen molar-refractivity contribution < 1.29 is 42.9 Å². The van der Waals surface area contributed by atoms with Gasteiger partial charge in [0.15, 0.2) is 12.0 Å². The number of nitrogens with one attached hydrogen (secondary N) is 1. The number of primary amides is 1. The molecule has 224 valence electrons. The highest BCUT2D eigenvalue weighted by atomic mass is 16.6. The Morgan fingerprint density at radius 2 is 1.67 bits per heavy atom. The summed E-state index contributed by atoms with van der Waals surface area (Å²) in [6.07, 6.45) is 1.34. The fourth-order valence-corrected chi connectivity index (χ4v) is 3.86. The van der Waals surface area contributed by atoms with Gasteiger partial charge in [0.05, 0.1) is 36.3 Å². The standard InChI is InChI=1S/C30H29N3O10/c31-19-3-8-25(23(13-19)30(32)38)43-28(36)17-40-12-11-39-10-9-33-27(35)16-41-21-6-7-22-26(14-21)42-15-24(29(22)37)18-1-4-20(34)5-2-18/h1-8,13-15,34H,9-12,16-17,31H2,(H2,32,38)(H,33,35). The number of fused-ring (bicyclic) bond motifs is 1. The number of carbonyl (C=O) groups is 3. The number of ether oxygens (including phenoxy) is 4. The third-order valence-corrected chi connectivity index (χ3v) is 5.95. The molecule has 0 spiro atoms. The normalized spacial score (nSPS) is 10.8. The summed E-state index contributed by atoms with van der Waals surface area (Å²) < 4.78 is 26.8. The van der Waals surface area contributed by atoms with Crippen LogP contribution in [0.25, 0.3) is 22.1 Å². The number of hydrogen-bond donors (Lipinski definition) is 4. The zero-order valence-electron chi connectivity index (χ0n) is 22.9. The number of carbonyl (C=O) groups excluding carboxylic acids is 3. The summed E-state index contributed by atoms with van der Waals surface area (Å²) in [6, 6.07) is 15.0. The summed E-state index contributed by atoms with van der Waals surface area (Å²) >= 11 is 0. The highest BCUT2D eigenvalue weighted by molar-refractivity contribution is 5.97. The quantitative estimate of drug-likeness (QED) is 0.0722. The number of nitrogens with two attached hydrogens (primary N) is 2. The molecule has 1 aromatic heterocycles. The van der Waals surface area contributed by atoms with E-state index in [2.05, 4.69) is 5.32 Å². The molecule has 4 rings (SSSR count). The molecule has 0 aliphatic carbocycles. The van der Waals surface area contributed by atoms with Crippen LogP contribution in [0.5, 0.6) is 17.2 Å². The number of hydrogen-bond acceptors (Lipinski definition) is 11. The van der Waals surface area contributed by atoms with Gasteiger partial charge in [-0.25, -0.2) is 4.79 Å². The van der Waals surface area contributed by atoms with Crippen LogP contribution in [0.15, 0.2) is 76.1 Å². The van der Waals surface area contributed by atoms with Crippen molar-refractivity contribution in [1.29, 1.82) is 0 Å². The first-order chi connectivity index (χ1) is 20.7. The molecule has 0 fully saturated rings. The maximum Gasteiger partial charge on any atom is 0.337 e. The maximum absolute atomic E-state index is 12.9. The van der Waals surface area contributed by atoms with E-state index in [4.69, 9.17) is 34.8 Å². The SMILES string of the molecule is NC(=O)c1cc(N)ccc1OC(=O)COCCOCCNC(=O)COc1ccc2c(=O)c(-c3ccc(O)cc3)coc2c1. The minimum absolute atomic E-state index is 0.0148. The van der Waals surface area contributed by atoms with Crippen molar-refractivity contribution in [3.8, 4) is 28.4 Å². The molecule has 4 aromatic rings. The van der Waals surface area contributed by atoms with Crippen LogP contribution >= 0.6 is 0 Å². The molecule has 13 nitrogen and oxygen atoms in total. The maximum atomic E-state index is 12.9. The number of phenols is 1. The summed E-state index contributed by atoms with van der Waals surface area (Å²) in [5.74, 6) is -1.48. The molecule has 43 heavy (non-hydrogen) atoms. The second kappa shape index (κ2) is 14.5. The van der Waals surface area contributed by atoms with Crippen LogP contribution in [0.3, 0.4) is 0 Å². The van der Waals surface area contributed by atoms with E-state index in [0.717, 1.165) is 0 Å². The molecule has 0 saturated heterocycles. The molecular weight excluding hydrogens is 562 g/mol. The van der Waals surface area contributed by atoms with Gasteiger partial charge in [-0.3, -0.25) is 14.4 Å². The Bertz CT molecular complexity index is 1670. The number of benzene rings is 3. The minimum Gasteiger partial charge on any atom is -0.508 e. The Morgan fingerprint density at radius 3 is 2.44 bits per heavy atom. The van der Waals surface area contributed by atoms with E-state index in [9.17, 15) is 24.3 Å². The largest absolute Gasteiger partial charge is 0.508 e. The van der Waals surface area contributed by atoms with Gasteiger partial charge in [0.2, 0.25) is 0 Å². The van der Waals surface area contributed by atoms with E-state index in [-0.39, 0.29) is 68.0 Å². The monoisotopic (exact) mass is 591 g/mol. The second-order valence-corrected chi connectivity index (χ2v) is 9.08. The Morgan fingerprint density at radius 1 is 0.907 bits per heavy atom. The smallest absolute Gasteiger partial charge is 0.337 e. The number of esters is 1. The van der Waals surface area contributed by atoms with Gasteiger partial charge in [0, 0.05) is 18.3 Å². The Kier molecular flexibility index (Phi) is 10.3. The lowest BCUT2D eigenvalue weighted by atomic mass is 10.1. The van der Waals surface area contributed by atoms with Crippen molar-refractivity contribution in [3.05, 3.63) is 82.7 Å². The van der Waals surface area contributed by atoms with E-state index in [0.29, 0.717) is 33.5 Å². The van der Waals surface area contributed by atoms with E-state index in [1.54, 1.807) is 24.3 Å². The van der Waals surface area contributed by atoms with E-state index in [1.165, 1.54) is 42.7 Å². The molecule has 13 heteroatoms. The molecule has 1 heterocycles. The number of phenolic OH excluding ortho intramolecular Hbond substituents is 1. The fourth-order valence-electron chi connectivity index (χ4n) is 3.86. The number of rotatable bonds is 14. The van der Waals surface area contributed by atoms with Gasteiger partial charge in [0.25, 0.3) is 11.8 Å². The fraction of sp³-hybridized carbons (Fsp3) is 0.200. The first kappa shape index (κ1) is 30.6. The predicted molar refractivity (Wildman–Crippen MR) is 155 cm³/mol. The van der Waals surface area contributed by atoms with Crippen LogP contribution in [-0.2, 0) is 19.1 Å². The van der Waals surface area contributed by atoms with Crippen molar-refractivity contribution >= 4 is 34.4 Å². The summed E-state index contributed by atoms with van der Waals surface area (Å²) in [7, 11) is 0. The second-order valence-electron chi connectivity index (χ2n) is 9.08. The van der Waals surface area contributed by atoms with Crippen LogP contribution in [0.1, 0.15) is 10.4 Å². The van der Waals surface area contributed by atoms with Gasteiger partial charge in [0.1, 0.15) is 35.7 Å². The molecule has 0 saturated carbocycles. The summed E-state index contributed by atoms with van der Waals surface area (Å²) in [4.78, 5) is 48.4. The van der Waals surface area contributed by atoms with Crippen LogP contribution in [-0.4, -0.2) is 62.5 Å². The van der Waals surface area contributed by atoms with E-state index in [1.807, 2.05) is 0 Å². The Hall–Kier alpha value is -5.40. The van der Waals surface area contributed by atoms with E-state index < -0.39 is 11.9 Å². The van der Waals surface area contributed by atoms with Crippen molar-refractivity contribution in [2.75, 3.05) is 45.3 Å². The highest BCUT2D eigenvalue weighted by Gasteiger charge is 2.14. The van der Waals surface area contributed by atoms with Crippen molar-refractivity contribution in [2.45, 2.75) is 0 Å². The molecule has 0 atom stereocenters. The van der Waals surface area contributed by atoms with Crippen LogP contribution in [0, 0.1) is 0 Å². The molecule has 3 aromatic carbocycles. The predicted octanol–water partition coefficient (Wildman–Crippen LogP) is 1.98. The molecule has 0 unspecified atom stereocenters. The summed E-state index contributed by atoms with van der Waals surface area (Å²) in [5, 5.41) is 12.4. The van der Waals surface area contributed by atoms with Crippen molar-refractivity contribution in [1.82, 2.24) is 5.32 Å². The van der Waals surface area contributed by atoms with Gasteiger partial charge < -0.3 is 45.3 Å². The number of nitrogen functional groups attached to an aromatic ring is 1. The molecule has 2 amide bonds. The third-order valence-electron chi connectivity index (χ3n) is 5.95. The average Bonchev–Trinajstić information content (AvgIpc) is 2.99. The third kappa shape index (κ3) is 8.55. The molecule has 6 N–H and O–H groups in total. The zero-order valence-corrected chi connectivity index (χ0v) is 22.9. The highest BCUT2D eigenvalue weighted by Crippen LogP contribution is 2.24. The molecule has 0 bridgehead atoms. The van der Waals surface area contributed by atoms with Gasteiger partial charge in [-0.05, 0) is 48.0 Å².